The van der Waals surface area contributed by atoms with E-state index in [1.807, 2.05) is 49.4 Å². The molecule has 1 aliphatic rings. The van der Waals surface area contributed by atoms with Gasteiger partial charge in [0.05, 0.1) is 42.0 Å². The zero-order valence-corrected chi connectivity index (χ0v) is 17.1. The van der Waals surface area contributed by atoms with Gasteiger partial charge in [0.15, 0.2) is 11.5 Å². The molecule has 1 aromatic heterocycles. The van der Waals surface area contributed by atoms with E-state index in [-0.39, 0.29) is 0 Å². The lowest BCUT2D eigenvalue weighted by molar-refractivity contribution is 0.297. The fourth-order valence-electron chi connectivity index (χ4n) is 3.12. The van der Waals surface area contributed by atoms with Gasteiger partial charge in [-0.05, 0) is 24.6 Å². The maximum atomic E-state index is 13.0. The molecule has 1 atom stereocenters. The highest BCUT2D eigenvalue weighted by Gasteiger charge is 2.19. The van der Waals surface area contributed by atoms with E-state index in [0.29, 0.717) is 47.1 Å². The number of halogens is 1. The zero-order valence-electron chi connectivity index (χ0n) is 15.6. The molecule has 0 spiro atoms. The summed E-state index contributed by atoms with van der Waals surface area (Å²) in [6.07, 6.45) is 0.836. The first kappa shape index (κ1) is 19.0. The van der Waals surface area contributed by atoms with Gasteiger partial charge in [-0.2, -0.15) is 5.10 Å². The third-order valence-corrected chi connectivity index (χ3v) is 6.37. The minimum absolute atomic E-state index is 0.305. The maximum Gasteiger partial charge on any atom is 0.162 e. The predicted molar refractivity (Wildman–Crippen MR) is 110 cm³/mol. The van der Waals surface area contributed by atoms with Crippen molar-refractivity contribution in [2.75, 3.05) is 13.2 Å². The number of aromatic nitrogens is 2. The van der Waals surface area contributed by atoms with Gasteiger partial charge in [-0.25, -0.2) is 4.68 Å². The molecule has 5 nitrogen and oxygen atoms in total. The average Bonchev–Trinajstić information content (AvgIpc) is 2.89. The molecule has 28 heavy (non-hydrogen) atoms. The van der Waals surface area contributed by atoms with E-state index in [9.17, 15) is 4.21 Å². The highest BCUT2D eigenvalue weighted by Crippen LogP contribution is 2.32. The van der Waals surface area contributed by atoms with Gasteiger partial charge in [0.1, 0.15) is 5.15 Å². The van der Waals surface area contributed by atoms with E-state index in [2.05, 4.69) is 5.10 Å². The number of hydrogen-bond donors (Lipinski definition) is 0. The quantitative estimate of drug-likeness (QED) is 0.620. The molecule has 0 saturated heterocycles. The van der Waals surface area contributed by atoms with Crippen LogP contribution in [0.25, 0.3) is 0 Å². The van der Waals surface area contributed by atoms with Crippen molar-refractivity contribution in [3.05, 3.63) is 70.5 Å². The lowest BCUT2D eigenvalue weighted by atomic mass is 10.2. The molecule has 0 saturated carbocycles. The Morgan fingerprint density at radius 1 is 1.11 bits per heavy atom. The Kier molecular flexibility index (Phi) is 5.69. The Morgan fingerprint density at radius 2 is 1.86 bits per heavy atom. The molecular weight excluding hydrogens is 396 g/mol. The molecule has 0 amide bonds. The van der Waals surface area contributed by atoms with Crippen molar-refractivity contribution >= 4 is 22.4 Å². The number of fused-ring (bicyclic) bond motifs is 1. The van der Waals surface area contributed by atoms with Gasteiger partial charge >= 0.3 is 0 Å². The molecule has 0 unspecified atom stereocenters. The minimum atomic E-state index is -1.27. The van der Waals surface area contributed by atoms with Crippen molar-refractivity contribution in [1.82, 2.24) is 9.78 Å². The van der Waals surface area contributed by atoms with E-state index in [4.69, 9.17) is 21.1 Å². The summed E-state index contributed by atoms with van der Waals surface area (Å²) in [4.78, 5) is 0.690. The SMILES string of the molecule is Cc1nn(Cc2ccccc2)c(Cl)c1C[S@@](=O)c1ccc2c(c1)OCCCO2. The highest BCUT2D eigenvalue weighted by atomic mass is 35.5. The summed E-state index contributed by atoms with van der Waals surface area (Å²) >= 11 is 6.57. The molecule has 2 aromatic carbocycles. The standard InChI is InChI=1S/C21H21ClN2O3S/c1-15-18(21(22)24(23-15)13-16-6-3-2-4-7-16)14-28(25)17-8-9-19-20(12-17)27-11-5-10-26-19/h2-4,6-9,12H,5,10-11,13-14H2,1H3/t28-/m1/s1. The highest BCUT2D eigenvalue weighted by molar-refractivity contribution is 7.84. The van der Waals surface area contributed by atoms with Crippen LogP contribution in [-0.2, 0) is 23.1 Å². The van der Waals surface area contributed by atoms with Gasteiger partial charge in [0, 0.05) is 22.9 Å². The van der Waals surface area contributed by atoms with Crippen molar-refractivity contribution in [3.63, 3.8) is 0 Å². The summed E-state index contributed by atoms with van der Waals surface area (Å²) in [5.41, 5.74) is 2.72. The third kappa shape index (κ3) is 4.08. The fraction of sp³-hybridized carbons (Fsp3) is 0.286. The van der Waals surface area contributed by atoms with E-state index in [1.165, 1.54) is 0 Å². The van der Waals surface area contributed by atoms with E-state index in [1.54, 1.807) is 10.7 Å². The Morgan fingerprint density at radius 3 is 2.64 bits per heavy atom. The van der Waals surface area contributed by atoms with Gasteiger partial charge in [-0.3, -0.25) is 4.21 Å². The Bertz CT molecular complexity index is 1000. The Labute approximate surface area is 171 Å². The van der Waals surface area contributed by atoms with Crippen LogP contribution < -0.4 is 9.47 Å². The molecule has 1 aliphatic heterocycles. The number of hydrogen-bond acceptors (Lipinski definition) is 4. The largest absolute Gasteiger partial charge is 0.490 e. The number of ether oxygens (including phenoxy) is 2. The molecule has 7 heteroatoms. The Balaban J connectivity index is 1.54. The fourth-order valence-corrected chi connectivity index (χ4v) is 4.73. The second kappa shape index (κ2) is 8.37. The first-order valence-corrected chi connectivity index (χ1v) is 10.9. The van der Waals surface area contributed by atoms with Crippen LogP contribution >= 0.6 is 11.6 Å². The van der Waals surface area contributed by atoms with Crippen molar-refractivity contribution in [2.24, 2.45) is 0 Å². The van der Waals surface area contributed by atoms with Crippen LogP contribution in [0.5, 0.6) is 11.5 Å². The van der Waals surface area contributed by atoms with Crippen LogP contribution in [0.2, 0.25) is 5.15 Å². The van der Waals surface area contributed by atoms with Crippen molar-refractivity contribution in [2.45, 2.75) is 30.5 Å². The predicted octanol–water partition coefficient (Wildman–Crippen LogP) is 4.36. The normalized spacial score (nSPS) is 14.5. The monoisotopic (exact) mass is 416 g/mol. The van der Waals surface area contributed by atoms with Gasteiger partial charge in [-0.1, -0.05) is 41.9 Å². The molecule has 0 bridgehead atoms. The van der Waals surface area contributed by atoms with Gasteiger partial charge in [0.2, 0.25) is 0 Å². The number of aryl methyl sites for hydroxylation is 1. The van der Waals surface area contributed by atoms with Gasteiger partial charge in [-0.15, -0.1) is 0 Å². The van der Waals surface area contributed by atoms with Crippen molar-refractivity contribution in [3.8, 4) is 11.5 Å². The molecule has 2 heterocycles. The van der Waals surface area contributed by atoms with Crippen LogP contribution in [-0.4, -0.2) is 27.2 Å². The number of nitrogens with zero attached hydrogens (tertiary/aromatic N) is 2. The number of rotatable bonds is 5. The van der Waals surface area contributed by atoms with Gasteiger partial charge < -0.3 is 9.47 Å². The summed E-state index contributed by atoms with van der Waals surface area (Å²) in [5, 5.41) is 5.07. The topological polar surface area (TPSA) is 53.4 Å². The van der Waals surface area contributed by atoms with Crippen molar-refractivity contribution in [1.29, 1.82) is 0 Å². The molecule has 146 valence electrons. The maximum absolute atomic E-state index is 13.0. The van der Waals surface area contributed by atoms with Crippen LogP contribution in [0.15, 0.2) is 53.4 Å². The first-order valence-electron chi connectivity index (χ1n) is 9.15. The minimum Gasteiger partial charge on any atom is -0.490 e. The molecule has 0 fully saturated rings. The second-order valence-corrected chi connectivity index (χ2v) is 8.46. The zero-order chi connectivity index (χ0) is 19.5. The number of benzene rings is 2. The van der Waals surface area contributed by atoms with E-state index >= 15 is 0 Å². The summed E-state index contributed by atoms with van der Waals surface area (Å²) in [6, 6.07) is 15.4. The molecule has 3 aromatic rings. The molecule has 0 N–H and O–H groups in total. The van der Waals surface area contributed by atoms with E-state index < -0.39 is 10.8 Å². The second-order valence-electron chi connectivity index (χ2n) is 6.65. The first-order chi connectivity index (χ1) is 13.6. The Hall–Kier alpha value is -2.31. The summed E-state index contributed by atoms with van der Waals surface area (Å²) in [5.74, 6) is 1.65. The van der Waals surface area contributed by atoms with Crippen LogP contribution in [0.1, 0.15) is 23.2 Å². The van der Waals surface area contributed by atoms with Gasteiger partial charge in [0.25, 0.3) is 0 Å². The van der Waals surface area contributed by atoms with Crippen LogP contribution in [0, 0.1) is 6.92 Å². The summed E-state index contributed by atoms with van der Waals surface area (Å²) in [6.45, 7) is 3.70. The third-order valence-electron chi connectivity index (χ3n) is 4.62. The molecule has 0 radical (unpaired) electrons. The average molecular weight is 417 g/mol. The summed E-state index contributed by atoms with van der Waals surface area (Å²) in [7, 11) is -1.27. The van der Waals surface area contributed by atoms with Crippen molar-refractivity contribution < 1.29 is 13.7 Å². The summed E-state index contributed by atoms with van der Waals surface area (Å²) < 4.78 is 26.1. The van der Waals surface area contributed by atoms with Crippen LogP contribution in [0.3, 0.4) is 0 Å². The van der Waals surface area contributed by atoms with E-state index in [0.717, 1.165) is 23.2 Å². The molecular formula is C21H21ClN2O3S. The lowest BCUT2D eigenvalue weighted by Crippen LogP contribution is -2.02. The lowest BCUT2D eigenvalue weighted by Gasteiger charge is -2.09. The molecule has 0 aliphatic carbocycles. The smallest absolute Gasteiger partial charge is 0.162 e. The van der Waals surface area contributed by atoms with Crippen LogP contribution in [0.4, 0.5) is 0 Å². The molecule has 4 rings (SSSR count).